The second-order valence-corrected chi connectivity index (χ2v) is 5.81. The van der Waals surface area contributed by atoms with E-state index < -0.39 is 5.91 Å². The summed E-state index contributed by atoms with van der Waals surface area (Å²) in [6.45, 7) is 0.695. The first-order chi connectivity index (χ1) is 12.1. The standard InChI is InChI=1S/C18H16N6O/c19-17-15(18(20)25)8-22-24-11-13(6-16(17)24)14-7-21-23(10-14)9-12-4-2-1-3-5-12/h1-8,10-11H,9,19H2,(H2,20,25). The van der Waals surface area contributed by atoms with Gasteiger partial charge in [0.2, 0.25) is 0 Å². The van der Waals surface area contributed by atoms with Crippen molar-refractivity contribution in [3.63, 3.8) is 0 Å². The van der Waals surface area contributed by atoms with E-state index in [1.54, 1.807) is 10.7 Å². The molecule has 1 amide bonds. The van der Waals surface area contributed by atoms with Crippen molar-refractivity contribution in [2.75, 3.05) is 5.73 Å². The predicted molar refractivity (Wildman–Crippen MR) is 94.9 cm³/mol. The average molecular weight is 332 g/mol. The van der Waals surface area contributed by atoms with Gasteiger partial charge in [0.25, 0.3) is 5.91 Å². The Bertz CT molecular complexity index is 1060. The molecule has 4 rings (SSSR count). The molecule has 0 spiro atoms. The lowest BCUT2D eigenvalue weighted by molar-refractivity contribution is 0.100. The van der Waals surface area contributed by atoms with Gasteiger partial charge < -0.3 is 11.5 Å². The summed E-state index contributed by atoms with van der Waals surface area (Å²) in [5, 5.41) is 8.60. The van der Waals surface area contributed by atoms with Gasteiger partial charge in [-0.2, -0.15) is 10.2 Å². The van der Waals surface area contributed by atoms with E-state index >= 15 is 0 Å². The molecule has 0 unspecified atom stereocenters. The molecule has 0 saturated carbocycles. The molecule has 0 aliphatic heterocycles. The number of fused-ring (bicyclic) bond motifs is 1. The highest BCUT2D eigenvalue weighted by Gasteiger charge is 2.13. The minimum absolute atomic E-state index is 0.219. The Balaban J connectivity index is 1.68. The number of rotatable bonds is 4. The van der Waals surface area contributed by atoms with Gasteiger partial charge in [-0.1, -0.05) is 30.3 Å². The number of amides is 1. The van der Waals surface area contributed by atoms with Gasteiger partial charge in [0.1, 0.15) is 0 Å². The van der Waals surface area contributed by atoms with Crippen LogP contribution in [-0.2, 0) is 6.54 Å². The minimum Gasteiger partial charge on any atom is -0.396 e. The number of carbonyl (C=O) groups excluding carboxylic acids is 1. The molecule has 0 fully saturated rings. The van der Waals surface area contributed by atoms with E-state index in [0.717, 1.165) is 11.1 Å². The van der Waals surface area contributed by atoms with Crippen LogP contribution in [0.5, 0.6) is 0 Å². The van der Waals surface area contributed by atoms with Crippen molar-refractivity contribution < 1.29 is 4.79 Å². The Morgan fingerprint density at radius 2 is 1.84 bits per heavy atom. The second kappa shape index (κ2) is 5.79. The Hall–Kier alpha value is -3.61. The van der Waals surface area contributed by atoms with Crippen LogP contribution in [0.25, 0.3) is 16.6 Å². The molecule has 1 aromatic carbocycles. The van der Waals surface area contributed by atoms with Crippen LogP contribution in [0.4, 0.5) is 5.69 Å². The number of nitrogens with two attached hydrogens (primary N) is 2. The first-order valence-corrected chi connectivity index (χ1v) is 7.75. The summed E-state index contributed by atoms with van der Waals surface area (Å²) in [5.41, 5.74) is 15.6. The second-order valence-electron chi connectivity index (χ2n) is 5.81. The maximum atomic E-state index is 11.4. The Morgan fingerprint density at radius 3 is 2.60 bits per heavy atom. The van der Waals surface area contributed by atoms with Crippen LogP contribution in [0.3, 0.4) is 0 Å². The number of hydrogen-bond acceptors (Lipinski definition) is 4. The molecule has 7 nitrogen and oxygen atoms in total. The molecule has 3 aromatic heterocycles. The van der Waals surface area contributed by atoms with Crippen LogP contribution in [0.15, 0.2) is 61.2 Å². The maximum Gasteiger partial charge on any atom is 0.252 e. The normalized spacial score (nSPS) is 11.0. The van der Waals surface area contributed by atoms with Crippen LogP contribution < -0.4 is 11.5 Å². The Morgan fingerprint density at radius 1 is 1.04 bits per heavy atom. The van der Waals surface area contributed by atoms with Gasteiger partial charge in [-0.15, -0.1) is 0 Å². The summed E-state index contributed by atoms with van der Waals surface area (Å²) in [7, 11) is 0. The van der Waals surface area contributed by atoms with E-state index in [9.17, 15) is 4.79 Å². The summed E-state index contributed by atoms with van der Waals surface area (Å²) < 4.78 is 3.50. The smallest absolute Gasteiger partial charge is 0.252 e. The van der Waals surface area contributed by atoms with Gasteiger partial charge in [-0.05, 0) is 11.6 Å². The quantitative estimate of drug-likeness (QED) is 0.596. The van der Waals surface area contributed by atoms with Crippen molar-refractivity contribution in [3.05, 3.63) is 72.3 Å². The topological polar surface area (TPSA) is 104 Å². The first kappa shape index (κ1) is 14.9. The molecular weight excluding hydrogens is 316 g/mol. The van der Waals surface area contributed by atoms with Crippen LogP contribution >= 0.6 is 0 Å². The largest absolute Gasteiger partial charge is 0.396 e. The van der Waals surface area contributed by atoms with Crippen LogP contribution in [0, 0.1) is 0 Å². The van der Waals surface area contributed by atoms with Crippen molar-refractivity contribution in [1.29, 1.82) is 0 Å². The number of aromatic nitrogens is 4. The van der Waals surface area contributed by atoms with Crippen molar-refractivity contribution >= 4 is 17.1 Å². The van der Waals surface area contributed by atoms with Crippen molar-refractivity contribution in [1.82, 2.24) is 19.4 Å². The van der Waals surface area contributed by atoms with Crippen LogP contribution in [0.1, 0.15) is 15.9 Å². The molecule has 0 aliphatic carbocycles. The van der Waals surface area contributed by atoms with Gasteiger partial charge >= 0.3 is 0 Å². The average Bonchev–Trinajstić information content (AvgIpc) is 3.23. The zero-order valence-corrected chi connectivity index (χ0v) is 13.3. The minimum atomic E-state index is -0.592. The summed E-state index contributed by atoms with van der Waals surface area (Å²) in [5.74, 6) is -0.592. The lowest BCUT2D eigenvalue weighted by Gasteiger charge is -2.02. The molecule has 0 radical (unpaired) electrons. The molecule has 4 N–H and O–H groups in total. The highest BCUT2D eigenvalue weighted by Crippen LogP contribution is 2.26. The number of primary amides is 1. The number of nitrogen functional groups attached to an aromatic ring is 1. The number of hydrogen-bond donors (Lipinski definition) is 2. The van der Waals surface area contributed by atoms with Crippen LogP contribution in [0.2, 0.25) is 0 Å². The highest BCUT2D eigenvalue weighted by atomic mass is 16.1. The van der Waals surface area contributed by atoms with Gasteiger partial charge in [0.05, 0.1) is 35.7 Å². The third kappa shape index (κ3) is 2.72. The molecule has 124 valence electrons. The van der Waals surface area contributed by atoms with Crippen molar-refractivity contribution in [2.24, 2.45) is 5.73 Å². The molecular formula is C18H16N6O. The van der Waals surface area contributed by atoms with Gasteiger partial charge in [-0.3, -0.25) is 9.48 Å². The number of nitrogens with zero attached hydrogens (tertiary/aromatic N) is 4. The maximum absolute atomic E-state index is 11.4. The summed E-state index contributed by atoms with van der Waals surface area (Å²) in [6.07, 6.45) is 6.99. The number of anilines is 1. The fourth-order valence-electron chi connectivity index (χ4n) is 2.80. The van der Waals surface area contributed by atoms with Crippen LogP contribution in [-0.4, -0.2) is 25.3 Å². The third-order valence-corrected chi connectivity index (χ3v) is 4.10. The summed E-state index contributed by atoms with van der Waals surface area (Å²) >= 11 is 0. The SMILES string of the molecule is NC(=O)c1cnn2cc(-c3cnn(Cc4ccccc4)c3)cc2c1N. The lowest BCUT2D eigenvalue weighted by Crippen LogP contribution is -2.15. The molecule has 7 heteroatoms. The fourth-order valence-corrected chi connectivity index (χ4v) is 2.80. The molecule has 25 heavy (non-hydrogen) atoms. The molecule has 0 atom stereocenters. The summed E-state index contributed by atoms with van der Waals surface area (Å²) in [6, 6.07) is 12.0. The summed E-state index contributed by atoms with van der Waals surface area (Å²) in [4.78, 5) is 11.4. The lowest BCUT2D eigenvalue weighted by atomic mass is 10.2. The molecule has 0 saturated heterocycles. The van der Waals surface area contributed by atoms with E-state index in [1.807, 2.05) is 41.3 Å². The zero-order valence-electron chi connectivity index (χ0n) is 13.3. The van der Waals surface area contributed by atoms with Crippen molar-refractivity contribution in [2.45, 2.75) is 6.54 Å². The van der Waals surface area contributed by atoms with Gasteiger partial charge in [-0.25, -0.2) is 4.52 Å². The molecule has 4 aromatic rings. The van der Waals surface area contributed by atoms with E-state index in [1.165, 1.54) is 11.8 Å². The molecule has 0 aliphatic rings. The Kier molecular flexibility index (Phi) is 3.46. The van der Waals surface area contributed by atoms with Gasteiger partial charge in [0, 0.05) is 23.5 Å². The fraction of sp³-hybridized carbons (Fsp3) is 0.0556. The zero-order chi connectivity index (χ0) is 17.4. The van der Waals surface area contributed by atoms with E-state index in [4.69, 9.17) is 11.5 Å². The monoisotopic (exact) mass is 332 g/mol. The molecule has 3 heterocycles. The first-order valence-electron chi connectivity index (χ1n) is 7.75. The van der Waals surface area contributed by atoms with E-state index in [0.29, 0.717) is 17.7 Å². The third-order valence-electron chi connectivity index (χ3n) is 4.10. The van der Waals surface area contributed by atoms with Crippen molar-refractivity contribution in [3.8, 4) is 11.1 Å². The Labute approximate surface area is 143 Å². The number of carbonyl (C=O) groups is 1. The molecule has 0 bridgehead atoms. The highest BCUT2D eigenvalue weighted by molar-refractivity contribution is 6.01. The number of benzene rings is 1. The van der Waals surface area contributed by atoms with E-state index in [-0.39, 0.29) is 5.56 Å². The van der Waals surface area contributed by atoms with Gasteiger partial charge in [0.15, 0.2) is 0 Å². The van der Waals surface area contributed by atoms with E-state index in [2.05, 4.69) is 22.3 Å². The predicted octanol–water partition coefficient (Wildman–Crippen LogP) is 1.93.